The summed E-state index contributed by atoms with van der Waals surface area (Å²) in [5, 5.41) is 14.5. The van der Waals surface area contributed by atoms with Crippen LogP contribution in [0.5, 0.6) is 0 Å². The highest BCUT2D eigenvalue weighted by Gasteiger charge is 2.18. The van der Waals surface area contributed by atoms with Crippen molar-refractivity contribution in [1.29, 1.82) is 0 Å². The fourth-order valence-corrected chi connectivity index (χ4v) is 2.13. The molecule has 2 unspecified atom stereocenters. The number of nitrogens with one attached hydrogen (secondary N) is 2. The first-order valence-electron chi connectivity index (χ1n) is 6.87. The lowest BCUT2D eigenvalue weighted by molar-refractivity contribution is -0.137. The Morgan fingerprint density at radius 1 is 1.19 bits per heavy atom. The topological polar surface area (TPSA) is 81.7 Å². The molecule has 2 amide bonds. The second kappa shape index (κ2) is 8.26. The van der Waals surface area contributed by atoms with Gasteiger partial charge in [0.05, 0.1) is 12.5 Å². The van der Waals surface area contributed by atoms with E-state index in [0.717, 1.165) is 5.56 Å². The first-order valence-corrected chi connectivity index (χ1v) is 6.87. The number of rotatable bonds is 7. The number of hydrogen-bond donors (Lipinski definition) is 3. The van der Waals surface area contributed by atoms with Crippen LogP contribution >= 0.6 is 0 Å². The van der Waals surface area contributed by atoms with E-state index in [4.69, 9.17) is 5.11 Å². The second-order valence-electron chi connectivity index (χ2n) is 5.34. The lowest BCUT2D eigenvalue weighted by atomic mass is 10.0. The number of likely N-dealkylation sites (N-methyl/N-ethyl adjacent to an activating group) is 1. The molecule has 0 aliphatic heterocycles. The van der Waals surface area contributed by atoms with Crippen LogP contribution in [0.1, 0.15) is 24.9 Å². The van der Waals surface area contributed by atoms with E-state index in [1.807, 2.05) is 44.1 Å². The Labute approximate surface area is 125 Å². The number of carbonyl (C=O) groups is 2. The van der Waals surface area contributed by atoms with Gasteiger partial charge in [0.1, 0.15) is 0 Å². The lowest BCUT2D eigenvalue weighted by Crippen LogP contribution is -2.46. The molecule has 1 aromatic carbocycles. The molecule has 1 rings (SSSR count). The van der Waals surface area contributed by atoms with Crippen molar-refractivity contribution in [2.45, 2.75) is 25.4 Å². The summed E-state index contributed by atoms with van der Waals surface area (Å²) in [7, 11) is 3.85. The summed E-state index contributed by atoms with van der Waals surface area (Å²) < 4.78 is 0. The van der Waals surface area contributed by atoms with Crippen molar-refractivity contribution in [1.82, 2.24) is 15.5 Å². The Bertz CT molecular complexity index is 462. The Kier molecular flexibility index (Phi) is 6.68. The van der Waals surface area contributed by atoms with Crippen LogP contribution in [0.2, 0.25) is 0 Å². The predicted molar refractivity (Wildman–Crippen MR) is 81.1 cm³/mol. The molecule has 0 aliphatic rings. The van der Waals surface area contributed by atoms with Gasteiger partial charge in [0.15, 0.2) is 0 Å². The predicted octanol–water partition coefficient (Wildman–Crippen LogP) is 1.45. The fraction of sp³-hybridized carbons (Fsp3) is 0.467. The molecule has 21 heavy (non-hydrogen) atoms. The molecule has 0 saturated heterocycles. The van der Waals surface area contributed by atoms with E-state index >= 15 is 0 Å². The minimum Gasteiger partial charge on any atom is -0.481 e. The van der Waals surface area contributed by atoms with E-state index in [-0.39, 0.29) is 18.5 Å². The van der Waals surface area contributed by atoms with Crippen LogP contribution in [0, 0.1) is 0 Å². The zero-order valence-electron chi connectivity index (χ0n) is 12.7. The summed E-state index contributed by atoms with van der Waals surface area (Å²) in [5.74, 6) is -0.953. The Morgan fingerprint density at radius 3 is 2.33 bits per heavy atom. The Morgan fingerprint density at radius 2 is 1.81 bits per heavy atom. The van der Waals surface area contributed by atoms with Gasteiger partial charge in [-0.1, -0.05) is 30.3 Å². The van der Waals surface area contributed by atoms with Gasteiger partial charge in [-0.2, -0.15) is 0 Å². The highest BCUT2D eigenvalue weighted by atomic mass is 16.4. The van der Waals surface area contributed by atoms with Crippen LogP contribution in [0.15, 0.2) is 30.3 Å². The maximum absolute atomic E-state index is 12.0. The van der Waals surface area contributed by atoms with Crippen LogP contribution in [0.25, 0.3) is 0 Å². The number of benzene rings is 1. The lowest BCUT2D eigenvalue weighted by Gasteiger charge is -2.22. The number of aliphatic carboxylic acids is 1. The summed E-state index contributed by atoms with van der Waals surface area (Å²) in [6.07, 6.45) is -0.153. The van der Waals surface area contributed by atoms with Gasteiger partial charge in [0.2, 0.25) is 0 Å². The first-order chi connectivity index (χ1) is 9.88. The highest BCUT2D eigenvalue weighted by molar-refractivity contribution is 5.76. The standard InChI is InChI=1S/C15H23N3O3/c1-11(10-18(2)3)16-15(21)17-13(9-14(19)20)12-7-5-4-6-8-12/h4-8,11,13H,9-10H2,1-3H3,(H,19,20)(H2,16,17,21). The van der Waals surface area contributed by atoms with Crippen molar-refractivity contribution in [3.05, 3.63) is 35.9 Å². The third-order valence-electron chi connectivity index (χ3n) is 2.90. The van der Waals surface area contributed by atoms with E-state index in [9.17, 15) is 9.59 Å². The van der Waals surface area contributed by atoms with Crippen molar-refractivity contribution in [2.75, 3.05) is 20.6 Å². The van der Waals surface area contributed by atoms with Gasteiger partial charge in [-0.05, 0) is 26.6 Å². The third kappa shape index (κ3) is 6.76. The van der Waals surface area contributed by atoms with Crippen molar-refractivity contribution < 1.29 is 14.7 Å². The monoisotopic (exact) mass is 293 g/mol. The molecular formula is C15H23N3O3. The number of hydrogen-bond acceptors (Lipinski definition) is 3. The molecule has 6 heteroatoms. The average molecular weight is 293 g/mol. The van der Waals surface area contributed by atoms with Crippen molar-refractivity contribution in [3.8, 4) is 0 Å². The Balaban J connectivity index is 2.64. The maximum atomic E-state index is 12.0. The van der Waals surface area contributed by atoms with Crippen LogP contribution in [-0.4, -0.2) is 48.7 Å². The minimum absolute atomic E-state index is 0.0266. The molecule has 0 bridgehead atoms. The van der Waals surface area contributed by atoms with E-state index in [1.165, 1.54) is 0 Å². The minimum atomic E-state index is -0.953. The molecule has 6 nitrogen and oxygen atoms in total. The number of urea groups is 1. The molecule has 1 aromatic rings. The third-order valence-corrected chi connectivity index (χ3v) is 2.90. The first kappa shape index (κ1) is 17.0. The summed E-state index contributed by atoms with van der Waals surface area (Å²) in [4.78, 5) is 24.9. The molecular weight excluding hydrogens is 270 g/mol. The maximum Gasteiger partial charge on any atom is 0.315 e. The normalized spacial score (nSPS) is 13.5. The largest absolute Gasteiger partial charge is 0.481 e. The summed E-state index contributed by atoms with van der Waals surface area (Å²) in [6.45, 7) is 2.61. The second-order valence-corrected chi connectivity index (χ2v) is 5.34. The van der Waals surface area contributed by atoms with Gasteiger partial charge in [0, 0.05) is 12.6 Å². The SMILES string of the molecule is CC(CN(C)C)NC(=O)NC(CC(=O)O)c1ccccc1. The van der Waals surface area contributed by atoms with E-state index < -0.39 is 12.0 Å². The molecule has 0 aliphatic carbocycles. The molecule has 0 saturated carbocycles. The van der Waals surface area contributed by atoms with Gasteiger partial charge >= 0.3 is 12.0 Å². The summed E-state index contributed by atoms with van der Waals surface area (Å²) in [5.41, 5.74) is 0.773. The zero-order valence-corrected chi connectivity index (χ0v) is 12.7. The van der Waals surface area contributed by atoms with Gasteiger partial charge in [-0.25, -0.2) is 4.79 Å². The van der Waals surface area contributed by atoms with E-state index in [0.29, 0.717) is 6.54 Å². The molecule has 0 radical (unpaired) electrons. The molecule has 0 heterocycles. The average Bonchev–Trinajstić information content (AvgIpc) is 2.37. The van der Waals surface area contributed by atoms with Crippen molar-refractivity contribution >= 4 is 12.0 Å². The number of nitrogens with zero attached hydrogens (tertiary/aromatic N) is 1. The summed E-state index contributed by atoms with van der Waals surface area (Å²) in [6, 6.07) is 8.15. The van der Waals surface area contributed by atoms with Crippen LogP contribution < -0.4 is 10.6 Å². The Hall–Kier alpha value is -2.08. The zero-order chi connectivity index (χ0) is 15.8. The molecule has 2 atom stereocenters. The van der Waals surface area contributed by atoms with Gasteiger partial charge in [-0.3, -0.25) is 4.79 Å². The quantitative estimate of drug-likeness (QED) is 0.711. The number of carboxylic acids is 1. The van der Waals surface area contributed by atoms with Crippen LogP contribution in [0.4, 0.5) is 4.79 Å². The van der Waals surface area contributed by atoms with Crippen molar-refractivity contribution in [3.63, 3.8) is 0 Å². The number of carboxylic acid groups (broad SMARTS) is 1. The van der Waals surface area contributed by atoms with E-state index in [2.05, 4.69) is 10.6 Å². The fourth-order valence-electron chi connectivity index (χ4n) is 2.13. The van der Waals surface area contributed by atoms with Gasteiger partial charge < -0.3 is 20.6 Å². The number of amides is 2. The van der Waals surface area contributed by atoms with Gasteiger partial charge in [-0.15, -0.1) is 0 Å². The molecule has 0 spiro atoms. The highest BCUT2D eigenvalue weighted by Crippen LogP contribution is 2.16. The molecule has 0 fully saturated rings. The molecule has 3 N–H and O–H groups in total. The van der Waals surface area contributed by atoms with Crippen LogP contribution in [-0.2, 0) is 4.79 Å². The van der Waals surface area contributed by atoms with E-state index in [1.54, 1.807) is 12.1 Å². The van der Waals surface area contributed by atoms with Gasteiger partial charge in [0.25, 0.3) is 0 Å². The van der Waals surface area contributed by atoms with Crippen molar-refractivity contribution in [2.24, 2.45) is 0 Å². The molecule has 0 aromatic heterocycles. The summed E-state index contributed by atoms with van der Waals surface area (Å²) >= 11 is 0. The molecule has 116 valence electrons. The number of carbonyl (C=O) groups excluding carboxylic acids is 1. The van der Waals surface area contributed by atoms with Crippen LogP contribution in [0.3, 0.4) is 0 Å². The smallest absolute Gasteiger partial charge is 0.315 e.